The average molecular weight is 562 g/mol. The van der Waals surface area contributed by atoms with Gasteiger partial charge in [0.15, 0.2) is 0 Å². The molecule has 198 valence electrons. The van der Waals surface area contributed by atoms with Crippen LogP contribution in [0.25, 0.3) is 0 Å². The van der Waals surface area contributed by atoms with Crippen LogP contribution in [0.1, 0.15) is 32.3 Å². The molecule has 2 rings (SSSR count). The third-order valence-corrected chi connectivity index (χ3v) is 7.83. The third-order valence-electron chi connectivity index (χ3n) is 5.42. The van der Waals surface area contributed by atoms with Crippen molar-refractivity contribution >= 4 is 50.9 Å². The zero-order valence-electron chi connectivity index (χ0n) is 20.7. The minimum absolute atomic E-state index is 0.0494. The molecule has 36 heavy (non-hydrogen) atoms. The molecule has 2 amide bonds. The van der Waals surface area contributed by atoms with Crippen molar-refractivity contribution < 1.29 is 22.4 Å². The summed E-state index contributed by atoms with van der Waals surface area (Å²) < 4.78 is 41.6. The number of hydrogen-bond donors (Lipinski definition) is 1. The van der Waals surface area contributed by atoms with Gasteiger partial charge in [-0.25, -0.2) is 8.70 Å². The summed E-state index contributed by atoms with van der Waals surface area (Å²) >= 11 is 12.4. The molecular weight excluding hydrogens is 530 g/mol. The first-order chi connectivity index (χ1) is 16.9. The average Bonchev–Trinajstić information content (AvgIpc) is 2.82. The quantitative estimate of drug-likeness (QED) is 0.423. The Kier molecular flexibility index (Phi) is 11.0. The van der Waals surface area contributed by atoms with E-state index in [1.807, 2.05) is 6.92 Å². The lowest BCUT2D eigenvalue weighted by Gasteiger charge is -2.34. The molecule has 0 aliphatic carbocycles. The summed E-state index contributed by atoms with van der Waals surface area (Å²) in [6.07, 6.45) is 0.988. The van der Waals surface area contributed by atoms with E-state index >= 15 is 0 Å². The Hall–Kier alpha value is -2.40. The number of hydrogen-bond acceptors (Lipinski definition) is 4. The maximum Gasteiger partial charge on any atom is 0.304 e. The summed E-state index contributed by atoms with van der Waals surface area (Å²) in [6.45, 7) is 3.43. The van der Waals surface area contributed by atoms with Crippen molar-refractivity contribution in [1.29, 1.82) is 0 Å². The zero-order valence-corrected chi connectivity index (χ0v) is 23.0. The highest BCUT2D eigenvalue weighted by Gasteiger charge is 2.34. The summed E-state index contributed by atoms with van der Waals surface area (Å²) in [7, 11) is -1.48. The molecule has 12 heteroatoms. The maximum atomic E-state index is 13.7. The molecule has 0 radical (unpaired) electrons. The molecule has 0 aliphatic heterocycles. The van der Waals surface area contributed by atoms with Crippen molar-refractivity contribution in [3.05, 3.63) is 63.9 Å². The van der Waals surface area contributed by atoms with Crippen molar-refractivity contribution in [3.8, 4) is 0 Å². The molecule has 0 heterocycles. The highest BCUT2D eigenvalue weighted by atomic mass is 35.5. The number of amides is 2. The zero-order chi connectivity index (χ0) is 27.0. The Morgan fingerprint density at radius 2 is 1.69 bits per heavy atom. The van der Waals surface area contributed by atoms with Gasteiger partial charge in [0.2, 0.25) is 11.8 Å². The van der Waals surface area contributed by atoms with Gasteiger partial charge in [-0.2, -0.15) is 12.7 Å². The van der Waals surface area contributed by atoms with Gasteiger partial charge < -0.3 is 10.2 Å². The molecule has 0 aliphatic rings. The fourth-order valence-electron chi connectivity index (χ4n) is 3.44. The van der Waals surface area contributed by atoms with Gasteiger partial charge in [0.25, 0.3) is 0 Å². The van der Waals surface area contributed by atoms with Crippen LogP contribution in [-0.4, -0.2) is 62.7 Å². The molecular formula is C24H31Cl2FN4O4S. The minimum Gasteiger partial charge on any atom is -0.354 e. The van der Waals surface area contributed by atoms with Crippen molar-refractivity contribution in [3.63, 3.8) is 0 Å². The number of benzene rings is 2. The standard InChI is InChI=1S/C24H31Cl2FN4O4S/c1-5-13-28-24(33)22(6-2)30(15-17-7-8-18(25)14-21(17)26)23(32)16-31(36(34,35)29(3)4)20-11-9-19(27)10-12-20/h7-12,14,22H,5-6,13,15-16H2,1-4H3,(H,28,33). The summed E-state index contributed by atoms with van der Waals surface area (Å²) in [5.74, 6) is -1.54. The smallest absolute Gasteiger partial charge is 0.304 e. The van der Waals surface area contributed by atoms with E-state index in [9.17, 15) is 22.4 Å². The van der Waals surface area contributed by atoms with Gasteiger partial charge in [-0.3, -0.25) is 9.59 Å². The van der Waals surface area contributed by atoms with Crippen LogP contribution in [0.3, 0.4) is 0 Å². The first kappa shape index (κ1) is 29.8. The monoisotopic (exact) mass is 560 g/mol. The molecule has 0 bridgehead atoms. The van der Waals surface area contributed by atoms with Crippen LogP contribution in [0.4, 0.5) is 10.1 Å². The number of nitrogens with zero attached hydrogens (tertiary/aromatic N) is 3. The first-order valence-electron chi connectivity index (χ1n) is 11.4. The Bertz CT molecular complexity index is 1160. The summed E-state index contributed by atoms with van der Waals surface area (Å²) in [4.78, 5) is 28.0. The van der Waals surface area contributed by atoms with E-state index in [2.05, 4.69) is 5.32 Å². The Labute approximate surface area is 222 Å². The van der Waals surface area contributed by atoms with Crippen LogP contribution >= 0.6 is 23.2 Å². The predicted octanol–water partition coefficient (Wildman–Crippen LogP) is 4.08. The van der Waals surface area contributed by atoms with E-state index in [0.29, 0.717) is 28.6 Å². The lowest BCUT2D eigenvalue weighted by atomic mass is 10.1. The normalized spacial score (nSPS) is 12.3. The van der Waals surface area contributed by atoms with E-state index < -0.39 is 34.5 Å². The largest absolute Gasteiger partial charge is 0.354 e. The summed E-state index contributed by atoms with van der Waals surface area (Å²) in [5.41, 5.74) is 0.645. The van der Waals surface area contributed by atoms with E-state index in [1.165, 1.54) is 37.2 Å². The van der Waals surface area contributed by atoms with Gasteiger partial charge in [0.05, 0.1) is 5.69 Å². The minimum atomic E-state index is -4.13. The van der Waals surface area contributed by atoms with Crippen LogP contribution in [0.5, 0.6) is 0 Å². The SMILES string of the molecule is CCCNC(=O)C(CC)N(Cc1ccc(Cl)cc1Cl)C(=O)CN(c1ccc(F)cc1)S(=O)(=O)N(C)C. The van der Waals surface area contributed by atoms with E-state index in [1.54, 1.807) is 19.1 Å². The topological polar surface area (TPSA) is 90.0 Å². The Balaban J connectivity index is 2.51. The van der Waals surface area contributed by atoms with Crippen LogP contribution in [0, 0.1) is 5.82 Å². The van der Waals surface area contributed by atoms with Crippen molar-refractivity contribution in [2.24, 2.45) is 0 Å². The summed E-state index contributed by atoms with van der Waals surface area (Å²) in [6, 6.07) is 8.67. The number of carbonyl (C=O) groups excluding carboxylic acids is 2. The van der Waals surface area contributed by atoms with Gasteiger partial charge in [-0.15, -0.1) is 0 Å². The van der Waals surface area contributed by atoms with E-state index in [4.69, 9.17) is 23.2 Å². The second-order valence-electron chi connectivity index (χ2n) is 8.25. The van der Waals surface area contributed by atoms with Crippen LogP contribution in [0.2, 0.25) is 10.0 Å². The Morgan fingerprint density at radius 1 is 1.06 bits per heavy atom. The van der Waals surface area contributed by atoms with Crippen LogP contribution in [-0.2, 0) is 26.3 Å². The van der Waals surface area contributed by atoms with Crippen LogP contribution < -0.4 is 9.62 Å². The van der Waals surface area contributed by atoms with Gasteiger partial charge in [-0.1, -0.05) is 43.1 Å². The number of nitrogens with one attached hydrogen (secondary N) is 1. The van der Waals surface area contributed by atoms with Gasteiger partial charge in [-0.05, 0) is 54.8 Å². The molecule has 0 fully saturated rings. The molecule has 0 saturated heterocycles. The number of carbonyl (C=O) groups is 2. The molecule has 8 nitrogen and oxygen atoms in total. The van der Waals surface area contributed by atoms with Gasteiger partial charge in [0.1, 0.15) is 18.4 Å². The Morgan fingerprint density at radius 3 is 2.22 bits per heavy atom. The van der Waals surface area contributed by atoms with Crippen molar-refractivity contribution in [2.45, 2.75) is 39.3 Å². The third kappa shape index (κ3) is 7.55. The molecule has 0 aromatic heterocycles. The van der Waals surface area contributed by atoms with Gasteiger partial charge >= 0.3 is 10.2 Å². The molecule has 1 unspecified atom stereocenters. The lowest BCUT2D eigenvalue weighted by molar-refractivity contribution is -0.140. The molecule has 1 N–H and O–H groups in total. The molecule has 1 atom stereocenters. The maximum absolute atomic E-state index is 13.7. The van der Waals surface area contributed by atoms with Crippen molar-refractivity contribution in [2.75, 3.05) is 31.5 Å². The van der Waals surface area contributed by atoms with Gasteiger partial charge in [0, 0.05) is 37.2 Å². The number of rotatable bonds is 12. The van der Waals surface area contributed by atoms with Crippen LogP contribution in [0.15, 0.2) is 42.5 Å². The van der Waals surface area contributed by atoms with Crippen molar-refractivity contribution in [1.82, 2.24) is 14.5 Å². The first-order valence-corrected chi connectivity index (χ1v) is 13.5. The molecule has 2 aromatic carbocycles. The molecule has 0 spiro atoms. The fourth-order valence-corrected chi connectivity index (χ4v) is 4.97. The molecule has 0 saturated carbocycles. The fraction of sp³-hybridized carbons (Fsp3) is 0.417. The highest BCUT2D eigenvalue weighted by Crippen LogP contribution is 2.25. The number of halogens is 3. The lowest BCUT2D eigenvalue weighted by Crippen LogP contribution is -2.53. The second-order valence-corrected chi connectivity index (χ2v) is 11.2. The summed E-state index contributed by atoms with van der Waals surface area (Å²) in [5, 5.41) is 3.52. The molecule has 2 aromatic rings. The second kappa shape index (κ2) is 13.2. The number of anilines is 1. The van der Waals surface area contributed by atoms with E-state index in [-0.39, 0.29) is 24.6 Å². The highest BCUT2D eigenvalue weighted by molar-refractivity contribution is 7.90. The predicted molar refractivity (Wildman–Crippen MR) is 141 cm³/mol. The van der Waals surface area contributed by atoms with E-state index in [0.717, 1.165) is 20.7 Å².